The van der Waals surface area contributed by atoms with Gasteiger partial charge in [0.25, 0.3) is 0 Å². The Hall–Kier alpha value is -2.30. The molecule has 0 spiro atoms. The molecule has 2 aromatic heterocycles. The molecule has 5 nitrogen and oxygen atoms in total. The van der Waals surface area contributed by atoms with Crippen LogP contribution in [0.4, 0.5) is 0 Å². The molecular formula is C16H19N3O2. The first-order valence-corrected chi connectivity index (χ1v) is 7.02. The first-order chi connectivity index (χ1) is 10.0. The van der Waals surface area contributed by atoms with Crippen LogP contribution in [-0.2, 0) is 17.6 Å². The van der Waals surface area contributed by atoms with Crippen LogP contribution in [0.1, 0.15) is 35.9 Å². The molecule has 0 radical (unpaired) electrons. The molecule has 2 aromatic rings. The number of nitrogens with zero attached hydrogens (tertiary/aromatic N) is 3. The Balaban J connectivity index is 2.42. The van der Waals surface area contributed by atoms with Crippen LogP contribution in [-0.4, -0.2) is 26.0 Å². The number of carboxylic acids is 1. The Morgan fingerprint density at radius 2 is 1.90 bits per heavy atom. The largest absolute Gasteiger partial charge is 0.481 e. The van der Waals surface area contributed by atoms with E-state index < -0.39 is 5.97 Å². The molecule has 0 aliphatic heterocycles. The van der Waals surface area contributed by atoms with Crippen molar-refractivity contribution in [3.63, 3.8) is 0 Å². The number of carbonyl (C=O) groups is 1. The zero-order chi connectivity index (χ0) is 15.4. The second-order valence-corrected chi connectivity index (χ2v) is 4.98. The van der Waals surface area contributed by atoms with E-state index >= 15 is 0 Å². The topological polar surface area (TPSA) is 76.0 Å². The van der Waals surface area contributed by atoms with E-state index in [1.807, 2.05) is 26.1 Å². The van der Waals surface area contributed by atoms with Crippen molar-refractivity contribution in [2.75, 3.05) is 0 Å². The van der Waals surface area contributed by atoms with Gasteiger partial charge in [0.2, 0.25) is 0 Å². The third-order valence-electron chi connectivity index (χ3n) is 3.53. The maximum Gasteiger partial charge on any atom is 0.303 e. The maximum atomic E-state index is 10.7. The minimum Gasteiger partial charge on any atom is -0.481 e. The number of hydrogen-bond acceptors (Lipinski definition) is 4. The number of aryl methyl sites for hydroxylation is 3. The summed E-state index contributed by atoms with van der Waals surface area (Å²) < 4.78 is 0. The van der Waals surface area contributed by atoms with Crippen molar-refractivity contribution in [3.05, 3.63) is 41.0 Å². The van der Waals surface area contributed by atoms with Gasteiger partial charge in [-0.25, -0.2) is 9.97 Å². The minimum atomic E-state index is -0.805. The lowest BCUT2D eigenvalue weighted by atomic mass is 10.0. The Labute approximate surface area is 124 Å². The average Bonchev–Trinajstić information content (AvgIpc) is 2.45. The van der Waals surface area contributed by atoms with Gasteiger partial charge in [-0.1, -0.05) is 6.92 Å². The fourth-order valence-electron chi connectivity index (χ4n) is 2.38. The third kappa shape index (κ3) is 3.42. The summed E-state index contributed by atoms with van der Waals surface area (Å²) in [5.74, 6) is -0.122. The SMILES string of the molecule is CCc1cnccc1-c1nc(C)c(CCC(=O)O)c(C)n1. The van der Waals surface area contributed by atoms with Crippen LogP contribution in [0.5, 0.6) is 0 Å². The average molecular weight is 285 g/mol. The van der Waals surface area contributed by atoms with E-state index in [9.17, 15) is 4.79 Å². The lowest BCUT2D eigenvalue weighted by molar-refractivity contribution is -0.136. The Morgan fingerprint density at radius 3 is 2.48 bits per heavy atom. The van der Waals surface area contributed by atoms with Gasteiger partial charge in [-0.3, -0.25) is 9.78 Å². The van der Waals surface area contributed by atoms with Gasteiger partial charge in [0.15, 0.2) is 5.82 Å². The normalized spacial score (nSPS) is 10.6. The van der Waals surface area contributed by atoms with Crippen LogP contribution in [0.2, 0.25) is 0 Å². The molecule has 0 saturated heterocycles. The monoisotopic (exact) mass is 285 g/mol. The number of rotatable bonds is 5. The highest BCUT2D eigenvalue weighted by Crippen LogP contribution is 2.22. The summed E-state index contributed by atoms with van der Waals surface area (Å²) in [5, 5.41) is 8.81. The quantitative estimate of drug-likeness (QED) is 0.914. The zero-order valence-electron chi connectivity index (χ0n) is 12.6. The van der Waals surface area contributed by atoms with E-state index in [0.29, 0.717) is 12.2 Å². The van der Waals surface area contributed by atoms with Crippen molar-refractivity contribution in [3.8, 4) is 11.4 Å². The highest BCUT2D eigenvalue weighted by molar-refractivity contribution is 5.67. The molecule has 0 aliphatic carbocycles. The third-order valence-corrected chi connectivity index (χ3v) is 3.53. The number of carboxylic acid groups (broad SMARTS) is 1. The number of pyridine rings is 1. The van der Waals surface area contributed by atoms with Crippen molar-refractivity contribution in [1.82, 2.24) is 15.0 Å². The van der Waals surface area contributed by atoms with Crippen molar-refractivity contribution < 1.29 is 9.90 Å². The van der Waals surface area contributed by atoms with Gasteiger partial charge >= 0.3 is 5.97 Å². The summed E-state index contributed by atoms with van der Waals surface area (Å²) >= 11 is 0. The molecule has 2 heterocycles. The smallest absolute Gasteiger partial charge is 0.303 e. The summed E-state index contributed by atoms with van der Waals surface area (Å²) in [5.41, 5.74) is 4.71. The molecule has 0 unspecified atom stereocenters. The van der Waals surface area contributed by atoms with E-state index in [1.165, 1.54) is 0 Å². The summed E-state index contributed by atoms with van der Waals surface area (Å²) in [4.78, 5) is 24.0. The van der Waals surface area contributed by atoms with Crippen LogP contribution >= 0.6 is 0 Å². The molecular weight excluding hydrogens is 266 g/mol. The van der Waals surface area contributed by atoms with Crippen LogP contribution in [0.15, 0.2) is 18.5 Å². The lowest BCUT2D eigenvalue weighted by Gasteiger charge is -2.12. The lowest BCUT2D eigenvalue weighted by Crippen LogP contribution is -2.06. The predicted molar refractivity (Wildman–Crippen MR) is 80.1 cm³/mol. The van der Waals surface area contributed by atoms with E-state index in [2.05, 4.69) is 21.9 Å². The first kappa shape index (κ1) is 15.1. The summed E-state index contributed by atoms with van der Waals surface area (Å²) in [6, 6.07) is 1.92. The molecule has 21 heavy (non-hydrogen) atoms. The molecule has 0 saturated carbocycles. The Kier molecular flexibility index (Phi) is 4.62. The van der Waals surface area contributed by atoms with Gasteiger partial charge in [-0.2, -0.15) is 0 Å². The standard InChI is InChI=1S/C16H19N3O2/c1-4-12-9-17-8-7-14(12)16-18-10(2)13(11(3)19-16)5-6-15(20)21/h7-9H,4-6H2,1-3H3,(H,20,21). The Morgan fingerprint density at radius 1 is 1.24 bits per heavy atom. The minimum absolute atomic E-state index is 0.0971. The van der Waals surface area contributed by atoms with Gasteiger partial charge in [0.05, 0.1) is 0 Å². The van der Waals surface area contributed by atoms with Gasteiger partial charge in [0, 0.05) is 35.8 Å². The molecule has 2 rings (SSSR count). The van der Waals surface area contributed by atoms with Crippen molar-refractivity contribution >= 4 is 5.97 Å². The summed E-state index contributed by atoms with van der Waals surface area (Å²) in [7, 11) is 0. The maximum absolute atomic E-state index is 10.7. The summed E-state index contributed by atoms with van der Waals surface area (Å²) in [6.07, 6.45) is 5.00. The zero-order valence-corrected chi connectivity index (χ0v) is 12.6. The molecule has 5 heteroatoms. The fraction of sp³-hybridized carbons (Fsp3) is 0.375. The van der Waals surface area contributed by atoms with Crippen LogP contribution in [0.3, 0.4) is 0 Å². The molecule has 1 N–H and O–H groups in total. The van der Waals surface area contributed by atoms with Crippen LogP contribution < -0.4 is 0 Å². The fourth-order valence-corrected chi connectivity index (χ4v) is 2.38. The van der Waals surface area contributed by atoms with Crippen molar-refractivity contribution in [2.45, 2.75) is 40.0 Å². The highest BCUT2D eigenvalue weighted by atomic mass is 16.4. The van der Waals surface area contributed by atoms with E-state index in [-0.39, 0.29) is 6.42 Å². The Bertz CT molecular complexity index is 645. The molecule has 0 aromatic carbocycles. The van der Waals surface area contributed by atoms with Gasteiger partial charge < -0.3 is 5.11 Å². The van der Waals surface area contributed by atoms with Gasteiger partial charge in [0.1, 0.15) is 0 Å². The second-order valence-electron chi connectivity index (χ2n) is 4.98. The van der Waals surface area contributed by atoms with Crippen molar-refractivity contribution in [2.24, 2.45) is 0 Å². The van der Waals surface area contributed by atoms with Gasteiger partial charge in [-0.05, 0) is 43.9 Å². The van der Waals surface area contributed by atoms with Crippen LogP contribution in [0.25, 0.3) is 11.4 Å². The predicted octanol–water partition coefficient (Wildman–Crippen LogP) is 2.74. The molecule has 0 amide bonds. The number of aromatic nitrogens is 3. The molecule has 0 bridgehead atoms. The van der Waals surface area contributed by atoms with Crippen molar-refractivity contribution in [1.29, 1.82) is 0 Å². The number of aliphatic carboxylic acids is 1. The molecule has 0 atom stereocenters. The number of hydrogen-bond donors (Lipinski definition) is 1. The molecule has 110 valence electrons. The summed E-state index contributed by atoms with van der Waals surface area (Å²) in [6.45, 7) is 5.88. The van der Waals surface area contributed by atoms with Gasteiger partial charge in [-0.15, -0.1) is 0 Å². The molecule has 0 fully saturated rings. The molecule has 0 aliphatic rings. The first-order valence-electron chi connectivity index (χ1n) is 7.02. The second kappa shape index (κ2) is 6.43. The van der Waals surface area contributed by atoms with E-state index in [1.54, 1.807) is 6.20 Å². The van der Waals surface area contributed by atoms with E-state index in [4.69, 9.17) is 5.11 Å². The highest BCUT2D eigenvalue weighted by Gasteiger charge is 2.13. The van der Waals surface area contributed by atoms with E-state index in [0.717, 1.165) is 34.5 Å². The van der Waals surface area contributed by atoms with Crippen LogP contribution in [0, 0.1) is 13.8 Å².